The maximum Gasteiger partial charge on any atom is 0.331 e. The van der Waals surface area contributed by atoms with Gasteiger partial charge in [0.15, 0.2) is 6.61 Å². The van der Waals surface area contributed by atoms with E-state index in [0.29, 0.717) is 22.3 Å². The lowest BCUT2D eigenvalue weighted by Gasteiger charge is -2.06. The number of carbonyl (C=O) groups excluding carboxylic acids is 2. The lowest BCUT2D eigenvalue weighted by molar-refractivity contribution is -0.142. The molecule has 0 saturated carbocycles. The van der Waals surface area contributed by atoms with E-state index in [-0.39, 0.29) is 0 Å². The minimum absolute atomic E-state index is 0.396. The highest BCUT2D eigenvalue weighted by atomic mass is 32.2. The fourth-order valence-electron chi connectivity index (χ4n) is 1.64. The Balaban J connectivity index is 1.75. The Bertz CT molecular complexity index is 701. The Labute approximate surface area is 145 Å². The largest absolute Gasteiger partial charge is 0.452 e. The molecule has 126 valence electrons. The number of ether oxygens (including phenoxy) is 1. The van der Waals surface area contributed by atoms with Crippen LogP contribution < -0.4 is 5.32 Å². The van der Waals surface area contributed by atoms with Gasteiger partial charge in [-0.25, -0.2) is 4.79 Å². The summed E-state index contributed by atoms with van der Waals surface area (Å²) in [4.78, 5) is 24.5. The smallest absolute Gasteiger partial charge is 0.331 e. The topological polar surface area (TPSA) is 55.4 Å². The highest BCUT2D eigenvalue weighted by Gasteiger charge is 2.08. The number of thiophene rings is 1. The van der Waals surface area contributed by atoms with Gasteiger partial charge in [0.25, 0.3) is 11.7 Å². The van der Waals surface area contributed by atoms with Crippen molar-refractivity contribution in [3.63, 3.8) is 0 Å². The van der Waals surface area contributed by atoms with Gasteiger partial charge in [0, 0.05) is 21.5 Å². The number of esters is 1. The summed E-state index contributed by atoms with van der Waals surface area (Å²) in [5.74, 6) is -3.63. The average Bonchev–Trinajstić information content (AvgIpc) is 3.06. The molecule has 1 aromatic carbocycles. The summed E-state index contributed by atoms with van der Waals surface area (Å²) in [6.07, 6.45) is 2.85. The van der Waals surface area contributed by atoms with Crippen LogP contribution in [0.2, 0.25) is 0 Å². The number of halogens is 2. The van der Waals surface area contributed by atoms with E-state index in [4.69, 9.17) is 4.74 Å². The summed E-state index contributed by atoms with van der Waals surface area (Å²) >= 11 is 1.90. The monoisotopic (exact) mass is 369 g/mol. The number of nitrogens with one attached hydrogen (secondary N) is 1. The molecule has 0 aliphatic carbocycles. The van der Waals surface area contributed by atoms with Gasteiger partial charge in [0.2, 0.25) is 0 Å². The molecule has 0 spiro atoms. The minimum atomic E-state index is -2.49. The summed E-state index contributed by atoms with van der Waals surface area (Å²) in [7, 11) is 0. The van der Waals surface area contributed by atoms with Gasteiger partial charge in [-0.15, -0.1) is 11.3 Å². The van der Waals surface area contributed by atoms with E-state index in [9.17, 15) is 18.4 Å². The second-order valence-corrected chi connectivity index (χ2v) is 6.45. The van der Waals surface area contributed by atoms with Gasteiger partial charge >= 0.3 is 5.97 Å². The third-order valence-electron chi connectivity index (χ3n) is 2.64. The van der Waals surface area contributed by atoms with E-state index >= 15 is 0 Å². The number of thioether (sulfide) groups is 1. The standard InChI is InChI=1S/C16H13F2NO3S2/c17-16(18)24-13-5-3-11(4-6-13)19-14(20)10-22-15(21)8-7-12-2-1-9-23-12/h1-9,16H,10H2,(H,19,20)/b8-7+. The number of anilines is 1. The molecule has 0 fully saturated rings. The van der Waals surface area contributed by atoms with Crippen LogP contribution in [0, 0.1) is 0 Å². The predicted octanol–water partition coefficient (Wildman–Crippen LogP) is 4.26. The highest BCUT2D eigenvalue weighted by molar-refractivity contribution is 7.99. The third-order valence-corrected chi connectivity index (χ3v) is 4.20. The molecular formula is C16H13F2NO3S2. The van der Waals surface area contributed by atoms with Crippen LogP contribution in [-0.4, -0.2) is 24.2 Å². The van der Waals surface area contributed by atoms with E-state index in [1.807, 2.05) is 17.5 Å². The highest BCUT2D eigenvalue weighted by Crippen LogP contribution is 2.26. The van der Waals surface area contributed by atoms with E-state index in [1.54, 1.807) is 6.08 Å². The Morgan fingerprint density at radius 3 is 2.62 bits per heavy atom. The van der Waals surface area contributed by atoms with Crippen molar-refractivity contribution in [3.05, 3.63) is 52.7 Å². The molecule has 0 bridgehead atoms. The zero-order valence-electron chi connectivity index (χ0n) is 12.3. The maximum atomic E-state index is 12.2. The molecule has 1 N–H and O–H groups in total. The Morgan fingerprint density at radius 2 is 2.00 bits per heavy atom. The Kier molecular flexibility index (Phi) is 6.95. The van der Waals surface area contributed by atoms with Gasteiger partial charge < -0.3 is 10.1 Å². The lowest BCUT2D eigenvalue weighted by atomic mass is 10.3. The van der Waals surface area contributed by atoms with Crippen LogP contribution in [0.1, 0.15) is 4.88 Å². The van der Waals surface area contributed by atoms with Crippen molar-refractivity contribution < 1.29 is 23.1 Å². The van der Waals surface area contributed by atoms with E-state index in [0.717, 1.165) is 4.88 Å². The van der Waals surface area contributed by atoms with Crippen molar-refractivity contribution in [2.75, 3.05) is 11.9 Å². The number of carbonyl (C=O) groups is 2. The Hall–Kier alpha value is -2.19. The van der Waals surface area contributed by atoms with E-state index in [1.165, 1.54) is 41.7 Å². The number of rotatable bonds is 7. The molecular weight excluding hydrogens is 356 g/mol. The number of amides is 1. The normalized spacial score (nSPS) is 11.0. The SMILES string of the molecule is O=C(COC(=O)/C=C/c1cccs1)Nc1ccc(SC(F)F)cc1. The molecule has 0 aliphatic heterocycles. The molecule has 1 amide bonds. The van der Waals surface area contributed by atoms with Crippen LogP contribution in [0.4, 0.5) is 14.5 Å². The van der Waals surface area contributed by atoms with Gasteiger partial charge in [-0.2, -0.15) is 8.78 Å². The van der Waals surface area contributed by atoms with Crippen LogP contribution in [0.25, 0.3) is 6.08 Å². The van der Waals surface area contributed by atoms with Crippen molar-refractivity contribution in [2.45, 2.75) is 10.7 Å². The summed E-state index contributed by atoms with van der Waals surface area (Å²) < 4.78 is 29.2. The summed E-state index contributed by atoms with van der Waals surface area (Å²) in [5, 5.41) is 4.39. The fraction of sp³-hybridized carbons (Fsp3) is 0.125. The third kappa shape index (κ3) is 6.51. The second-order valence-electron chi connectivity index (χ2n) is 4.41. The number of benzene rings is 1. The summed E-state index contributed by atoms with van der Waals surface area (Å²) in [6.45, 7) is -0.429. The van der Waals surface area contributed by atoms with Gasteiger partial charge in [0.05, 0.1) is 0 Å². The van der Waals surface area contributed by atoms with Gasteiger partial charge in [-0.05, 0) is 41.8 Å². The quantitative estimate of drug-likeness (QED) is 0.450. The zero-order chi connectivity index (χ0) is 17.4. The number of hydrogen-bond donors (Lipinski definition) is 1. The molecule has 4 nitrogen and oxygen atoms in total. The molecule has 8 heteroatoms. The van der Waals surface area contributed by atoms with E-state index < -0.39 is 24.2 Å². The van der Waals surface area contributed by atoms with Crippen LogP contribution in [-0.2, 0) is 14.3 Å². The predicted molar refractivity (Wildman–Crippen MR) is 91.2 cm³/mol. The first-order valence-electron chi connectivity index (χ1n) is 6.76. The lowest BCUT2D eigenvalue weighted by Crippen LogP contribution is -2.20. The molecule has 2 rings (SSSR count). The average molecular weight is 369 g/mol. The Morgan fingerprint density at radius 1 is 1.25 bits per heavy atom. The first-order chi connectivity index (χ1) is 11.5. The first-order valence-corrected chi connectivity index (χ1v) is 8.52. The van der Waals surface area contributed by atoms with E-state index in [2.05, 4.69) is 5.32 Å². The van der Waals surface area contributed by atoms with Gasteiger partial charge in [-0.1, -0.05) is 17.8 Å². The molecule has 0 atom stereocenters. The van der Waals surface area contributed by atoms with Crippen molar-refractivity contribution in [1.82, 2.24) is 0 Å². The van der Waals surface area contributed by atoms with Crippen LogP contribution in [0.3, 0.4) is 0 Å². The van der Waals surface area contributed by atoms with Crippen LogP contribution in [0.5, 0.6) is 0 Å². The molecule has 0 unspecified atom stereocenters. The maximum absolute atomic E-state index is 12.2. The van der Waals surface area contributed by atoms with Crippen molar-refractivity contribution in [1.29, 1.82) is 0 Å². The fourth-order valence-corrected chi connectivity index (χ4v) is 2.75. The van der Waals surface area contributed by atoms with Crippen molar-refractivity contribution in [3.8, 4) is 0 Å². The minimum Gasteiger partial charge on any atom is -0.452 e. The molecule has 1 heterocycles. The van der Waals surface area contributed by atoms with Gasteiger partial charge in [0.1, 0.15) is 0 Å². The molecule has 0 aliphatic rings. The first kappa shape index (κ1) is 18.2. The summed E-state index contributed by atoms with van der Waals surface area (Å²) in [5.41, 5.74) is 0.434. The van der Waals surface area contributed by atoms with Crippen molar-refractivity contribution in [2.24, 2.45) is 0 Å². The number of hydrogen-bond acceptors (Lipinski definition) is 5. The van der Waals surface area contributed by atoms with Gasteiger partial charge in [-0.3, -0.25) is 4.79 Å². The summed E-state index contributed by atoms with van der Waals surface area (Å²) in [6, 6.07) is 9.65. The van der Waals surface area contributed by atoms with Crippen molar-refractivity contribution >= 4 is 46.7 Å². The molecule has 0 radical (unpaired) electrons. The van der Waals surface area contributed by atoms with Crippen LogP contribution in [0.15, 0.2) is 52.7 Å². The van der Waals surface area contributed by atoms with Crippen LogP contribution >= 0.6 is 23.1 Å². The zero-order valence-corrected chi connectivity index (χ0v) is 13.9. The molecule has 1 aromatic heterocycles. The molecule has 0 saturated heterocycles. The second kappa shape index (κ2) is 9.19. The molecule has 24 heavy (non-hydrogen) atoms. The molecule has 2 aromatic rings. The number of alkyl halides is 2.